The van der Waals surface area contributed by atoms with E-state index in [4.69, 9.17) is 0 Å². The van der Waals surface area contributed by atoms with Gasteiger partial charge in [0.05, 0.1) is 0 Å². The number of allylic oxidation sites excluding steroid dienone is 1. The quantitative estimate of drug-likeness (QED) is 0.613. The third-order valence-corrected chi connectivity index (χ3v) is 7.38. The Morgan fingerprint density at radius 3 is 2.66 bits per heavy atom. The number of thiazole rings is 1. The van der Waals surface area contributed by atoms with Gasteiger partial charge in [0.25, 0.3) is 5.56 Å². The summed E-state index contributed by atoms with van der Waals surface area (Å²) in [6.45, 7) is 4.51. The zero-order valence-corrected chi connectivity index (χ0v) is 19.7. The molecule has 1 aliphatic heterocycles. The highest BCUT2D eigenvalue weighted by molar-refractivity contribution is 7.22. The van der Waals surface area contributed by atoms with E-state index in [1.807, 2.05) is 6.92 Å². The van der Waals surface area contributed by atoms with Crippen LogP contribution in [0, 0.1) is 0 Å². The van der Waals surface area contributed by atoms with Crippen LogP contribution in [0.3, 0.4) is 0 Å². The Balaban J connectivity index is 1.58. The highest BCUT2D eigenvalue weighted by atomic mass is 32.1. The average Bonchev–Trinajstić information content (AvgIpc) is 3.26. The molecule has 0 bridgehead atoms. The summed E-state index contributed by atoms with van der Waals surface area (Å²) in [6, 6.07) is 0. The maximum absolute atomic E-state index is 13.1. The molecule has 2 aliphatic rings. The Bertz CT molecular complexity index is 1110. The summed E-state index contributed by atoms with van der Waals surface area (Å²) in [5.41, 5.74) is 0.986. The van der Waals surface area contributed by atoms with Crippen LogP contribution in [0.5, 0.6) is 0 Å². The van der Waals surface area contributed by atoms with E-state index in [9.17, 15) is 14.4 Å². The molecular weight excluding hydrogens is 426 g/mol. The van der Waals surface area contributed by atoms with Crippen LogP contribution in [0.4, 0.5) is 5.13 Å². The molecule has 1 fully saturated rings. The Morgan fingerprint density at radius 1 is 1.12 bits per heavy atom. The van der Waals surface area contributed by atoms with Crippen molar-refractivity contribution in [3.8, 4) is 0 Å². The number of carbonyl (C=O) groups is 1. The van der Waals surface area contributed by atoms with E-state index in [0.29, 0.717) is 29.9 Å². The van der Waals surface area contributed by atoms with Gasteiger partial charge in [-0.15, -0.1) is 0 Å². The van der Waals surface area contributed by atoms with Crippen molar-refractivity contribution in [2.75, 3.05) is 24.5 Å². The van der Waals surface area contributed by atoms with Crippen LogP contribution in [-0.4, -0.2) is 39.7 Å². The molecule has 174 valence electrons. The zero-order valence-electron chi connectivity index (χ0n) is 18.9. The van der Waals surface area contributed by atoms with Gasteiger partial charge in [-0.25, -0.2) is 9.78 Å². The van der Waals surface area contributed by atoms with Gasteiger partial charge in [0.1, 0.15) is 11.2 Å². The number of rotatable bonds is 8. The van der Waals surface area contributed by atoms with Crippen LogP contribution < -0.4 is 21.5 Å². The fourth-order valence-electron chi connectivity index (χ4n) is 4.55. The molecule has 0 spiro atoms. The van der Waals surface area contributed by atoms with Crippen molar-refractivity contribution in [2.45, 2.75) is 77.8 Å². The van der Waals surface area contributed by atoms with Gasteiger partial charge in [-0.05, 0) is 57.8 Å². The van der Waals surface area contributed by atoms with Crippen LogP contribution in [0.1, 0.15) is 64.7 Å². The van der Waals surface area contributed by atoms with E-state index in [0.717, 1.165) is 50.3 Å². The SMILES string of the molecule is CCCn1c(=O)c2sc(N3CCCCC3)nc2n(CC(=O)NCCC2=CCCCC2)c1=O. The summed E-state index contributed by atoms with van der Waals surface area (Å²) >= 11 is 1.34. The van der Waals surface area contributed by atoms with Crippen molar-refractivity contribution < 1.29 is 4.79 Å². The van der Waals surface area contributed by atoms with Gasteiger partial charge in [0.2, 0.25) is 5.91 Å². The highest BCUT2D eigenvalue weighted by Crippen LogP contribution is 2.28. The molecule has 0 atom stereocenters. The van der Waals surface area contributed by atoms with Gasteiger partial charge in [-0.2, -0.15) is 0 Å². The number of anilines is 1. The number of hydrogen-bond acceptors (Lipinski definition) is 6. The summed E-state index contributed by atoms with van der Waals surface area (Å²) < 4.78 is 3.09. The fourth-order valence-corrected chi connectivity index (χ4v) is 5.62. The van der Waals surface area contributed by atoms with Crippen LogP contribution in [0.15, 0.2) is 21.2 Å². The van der Waals surface area contributed by atoms with E-state index < -0.39 is 5.69 Å². The summed E-state index contributed by atoms with van der Waals surface area (Å²) in [6.07, 6.45) is 11.9. The predicted octanol–water partition coefficient (Wildman–Crippen LogP) is 3.03. The number of nitrogens with one attached hydrogen (secondary N) is 1. The first-order valence-electron chi connectivity index (χ1n) is 11.9. The average molecular weight is 460 g/mol. The van der Waals surface area contributed by atoms with Crippen molar-refractivity contribution >= 4 is 32.7 Å². The summed E-state index contributed by atoms with van der Waals surface area (Å²) in [5.74, 6) is -0.223. The molecule has 0 aromatic carbocycles. The zero-order chi connectivity index (χ0) is 22.5. The number of fused-ring (bicyclic) bond motifs is 1. The van der Waals surface area contributed by atoms with Crippen LogP contribution in [-0.2, 0) is 17.9 Å². The van der Waals surface area contributed by atoms with Crippen molar-refractivity contribution in [1.82, 2.24) is 19.4 Å². The lowest BCUT2D eigenvalue weighted by molar-refractivity contribution is -0.121. The molecule has 0 saturated carbocycles. The molecule has 2 aromatic rings. The second-order valence-corrected chi connectivity index (χ2v) is 9.71. The minimum Gasteiger partial charge on any atom is -0.354 e. The number of amides is 1. The molecule has 0 unspecified atom stereocenters. The predicted molar refractivity (Wildman–Crippen MR) is 129 cm³/mol. The van der Waals surface area contributed by atoms with Gasteiger partial charge in [0.15, 0.2) is 10.8 Å². The van der Waals surface area contributed by atoms with Crippen molar-refractivity contribution in [2.24, 2.45) is 0 Å². The number of hydrogen-bond donors (Lipinski definition) is 1. The normalized spacial score (nSPS) is 16.9. The van der Waals surface area contributed by atoms with Crippen LogP contribution >= 0.6 is 11.3 Å². The second-order valence-electron chi connectivity index (χ2n) is 8.73. The van der Waals surface area contributed by atoms with Crippen molar-refractivity contribution in [3.63, 3.8) is 0 Å². The summed E-state index contributed by atoms with van der Waals surface area (Å²) in [7, 11) is 0. The molecule has 1 aliphatic carbocycles. The molecule has 2 aromatic heterocycles. The molecule has 3 heterocycles. The smallest absolute Gasteiger partial charge is 0.333 e. The third-order valence-electron chi connectivity index (χ3n) is 6.28. The van der Waals surface area contributed by atoms with Gasteiger partial charge in [-0.1, -0.05) is 29.9 Å². The number of nitrogens with zero attached hydrogens (tertiary/aromatic N) is 4. The number of aromatic nitrogens is 3. The Labute approximate surface area is 191 Å². The lowest BCUT2D eigenvalue weighted by atomic mass is 9.97. The first-order valence-corrected chi connectivity index (χ1v) is 12.7. The van der Waals surface area contributed by atoms with Crippen LogP contribution in [0.2, 0.25) is 0 Å². The minimum atomic E-state index is -0.454. The first kappa shape index (κ1) is 22.8. The monoisotopic (exact) mass is 459 g/mol. The van der Waals surface area contributed by atoms with E-state index in [1.165, 1.54) is 45.3 Å². The maximum Gasteiger partial charge on any atom is 0.333 e. The summed E-state index contributed by atoms with van der Waals surface area (Å²) in [4.78, 5) is 45.7. The molecule has 4 rings (SSSR count). The molecule has 1 N–H and O–H groups in total. The van der Waals surface area contributed by atoms with E-state index in [2.05, 4.69) is 21.3 Å². The minimum absolute atomic E-state index is 0.123. The Hall–Kier alpha value is -2.42. The lowest BCUT2D eigenvalue weighted by Gasteiger charge is -2.25. The number of carbonyl (C=O) groups excluding carboxylic acids is 1. The second kappa shape index (κ2) is 10.5. The van der Waals surface area contributed by atoms with Gasteiger partial charge in [0, 0.05) is 26.2 Å². The standard InChI is InChI=1S/C23H33N5O3S/c1-2-13-27-21(30)19-20(25-22(32-19)26-14-7-4-8-15-26)28(23(27)31)16-18(29)24-12-11-17-9-5-3-6-10-17/h9H,2-8,10-16H2,1H3,(H,24,29). The van der Waals surface area contributed by atoms with Gasteiger partial charge in [-0.3, -0.25) is 18.7 Å². The van der Waals surface area contributed by atoms with E-state index in [1.54, 1.807) is 0 Å². The Kier molecular flexibility index (Phi) is 7.44. The van der Waals surface area contributed by atoms with Crippen LogP contribution in [0.25, 0.3) is 10.3 Å². The first-order chi connectivity index (χ1) is 15.6. The maximum atomic E-state index is 13.1. The summed E-state index contributed by atoms with van der Waals surface area (Å²) in [5, 5.41) is 3.71. The fraction of sp³-hybridized carbons (Fsp3) is 0.652. The molecule has 8 nitrogen and oxygen atoms in total. The van der Waals surface area contributed by atoms with E-state index in [-0.39, 0.29) is 18.0 Å². The topological polar surface area (TPSA) is 89.2 Å². The van der Waals surface area contributed by atoms with E-state index >= 15 is 0 Å². The number of piperidine rings is 1. The molecule has 1 amide bonds. The highest BCUT2D eigenvalue weighted by Gasteiger charge is 2.22. The Morgan fingerprint density at radius 2 is 1.94 bits per heavy atom. The largest absolute Gasteiger partial charge is 0.354 e. The van der Waals surface area contributed by atoms with Crippen molar-refractivity contribution in [1.29, 1.82) is 0 Å². The van der Waals surface area contributed by atoms with Crippen molar-refractivity contribution in [3.05, 3.63) is 32.5 Å². The third kappa shape index (κ3) is 4.98. The molecule has 0 radical (unpaired) electrons. The van der Waals surface area contributed by atoms with Gasteiger partial charge < -0.3 is 10.2 Å². The molecule has 1 saturated heterocycles. The molecule has 32 heavy (non-hydrogen) atoms. The lowest BCUT2D eigenvalue weighted by Crippen LogP contribution is -2.42. The molecule has 9 heteroatoms. The van der Waals surface area contributed by atoms with Gasteiger partial charge >= 0.3 is 5.69 Å². The molecular formula is C23H33N5O3S.